The number of piperazine rings is 1. The molecule has 0 aliphatic carbocycles. The third-order valence-corrected chi connectivity index (χ3v) is 5.40. The van der Waals surface area contributed by atoms with Crippen molar-refractivity contribution in [2.75, 3.05) is 44.2 Å². The highest BCUT2D eigenvalue weighted by Crippen LogP contribution is 2.16. The van der Waals surface area contributed by atoms with Gasteiger partial charge in [0.1, 0.15) is 11.6 Å². The molecule has 0 saturated carbocycles. The monoisotopic (exact) mass is 406 g/mol. The number of benzene rings is 1. The van der Waals surface area contributed by atoms with Gasteiger partial charge in [-0.2, -0.15) is 0 Å². The molecule has 0 amide bonds. The van der Waals surface area contributed by atoms with Gasteiger partial charge in [-0.15, -0.1) is 0 Å². The highest BCUT2D eigenvalue weighted by molar-refractivity contribution is 6.30. The smallest absolute Gasteiger partial charge is 0.332 e. The molecular weight excluding hydrogens is 380 g/mol. The van der Waals surface area contributed by atoms with E-state index in [0.29, 0.717) is 17.4 Å². The quantitative estimate of drug-likeness (QED) is 0.655. The van der Waals surface area contributed by atoms with Gasteiger partial charge in [-0.1, -0.05) is 11.6 Å². The summed E-state index contributed by atoms with van der Waals surface area (Å²) in [5, 5.41) is 0.711. The average Bonchev–Trinajstić information content (AvgIpc) is 2.71. The van der Waals surface area contributed by atoms with E-state index in [1.807, 2.05) is 24.3 Å². The fourth-order valence-corrected chi connectivity index (χ4v) is 3.51. The topological polar surface area (TPSA) is 59.7 Å². The number of hydrogen-bond donors (Lipinski definition) is 0. The van der Waals surface area contributed by atoms with Crippen molar-refractivity contribution in [3.63, 3.8) is 0 Å². The summed E-state index contributed by atoms with van der Waals surface area (Å²) in [4.78, 5) is 28.6. The van der Waals surface area contributed by atoms with Gasteiger partial charge in [0, 0.05) is 51.4 Å². The van der Waals surface area contributed by atoms with Crippen LogP contribution in [0.25, 0.3) is 0 Å². The van der Waals surface area contributed by atoms with E-state index in [1.54, 1.807) is 17.7 Å². The Kier molecular flexibility index (Phi) is 6.80. The zero-order chi connectivity index (χ0) is 20.1. The second kappa shape index (κ2) is 9.30. The molecule has 1 saturated heterocycles. The van der Waals surface area contributed by atoms with Gasteiger partial charge in [-0.25, -0.2) is 4.79 Å². The Hall–Kier alpha value is -2.25. The number of anilines is 1. The summed E-state index contributed by atoms with van der Waals surface area (Å²) in [6.07, 6.45) is 2.06. The summed E-state index contributed by atoms with van der Waals surface area (Å²) in [6, 6.07) is 8.96. The highest BCUT2D eigenvalue weighted by atomic mass is 35.5. The van der Waals surface area contributed by atoms with Crippen LogP contribution < -0.4 is 20.9 Å². The van der Waals surface area contributed by atoms with Crippen molar-refractivity contribution >= 4 is 17.4 Å². The van der Waals surface area contributed by atoms with Crippen LogP contribution >= 0.6 is 11.6 Å². The number of ether oxygens (including phenoxy) is 1. The number of rotatable bonds is 7. The lowest BCUT2D eigenvalue weighted by Gasteiger charge is -2.36. The van der Waals surface area contributed by atoms with Gasteiger partial charge in [0.05, 0.1) is 6.61 Å². The minimum absolute atomic E-state index is 0.263. The van der Waals surface area contributed by atoms with Gasteiger partial charge >= 0.3 is 5.69 Å². The third kappa shape index (κ3) is 4.97. The van der Waals surface area contributed by atoms with Crippen LogP contribution in [0.3, 0.4) is 0 Å². The second-order valence-electron chi connectivity index (χ2n) is 7.08. The van der Waals surface area contributed by atoms with Gasteiger partial charge in [0.25, 0.3) is 5.56 Å². The van der Waals surface area contributed by atoms with Crippen LogP contribution in [-0.4, -0.2) is 53.4 Å². The summed E-state index contributed by atoms with van der Waals surface area (Å²) >= 11 is 5.86. The molecule has 0 bridgehead atoms. The number of halogens is 1. The predicted molar refractivity (Wildman–Crippen MR) is 112 cm³/mol. The summed E-state index contributed by atoms with van der Waals surface area (Å²) in [5.74, 6) is 1.54. The van der Waals surface area contributed by atoms with Crippen LogP contribution in [-0.2, 0) is 14.1 Å². The Morgan fingerprint density at radius 1 is 0.964 bits per heavy atom. The van der Waals surface area contributed by atoms with E-state index in [2.05, 4.69) is 9.80 Å². The third-order valence-electron chi connectivity index (χ3n) is 5.15. The second-order valence-corrected chi connectivity index (χ2v) is 7.52. The van der Waals surface area contributed by atoms with Gasteiger partial charge in [-0.05, 0) is 43.7 Å². The molecule has 0 unspecified atom stereocenters. The molecule has 0 radical (unpaired) electrons. The molecule has 3 rings (SSSR count). The first kappa shape index (κ1) is 20.5. The molecule has 8 heteroatoms. The van der Waals surface area contributed by atoms with Gasteiger partial charge in [0.2, 0.25) is 0 Å². The summed E-state index contributed by atoms with van der Waals surface area (Å²) < 4.78 is 8.40. The molecule has 2 aromatic rings. The highest BCUT2D eigenvalue weighted by Gasteiger charge is 2.19. The zero-order valence-corrected chi connectivity index (χ0v) is 17.2. The molecule has 1 aliphatic heterocycles. The summed E-state index contributed by atoms with van der Waals surface area (Å²) in [6.45, 7) is 5.16. The van der Waals surface area contributed by atoms with Gasteiger partial charge < -0.3 is 9.64 Å². The van der Waals surface area contributed by atoms with E-state index in [0.717, 1.165) is 55.9 Å². The predicted octanol–water partition coefficient (Wildman–Crippen LogP) is 1.72. The first-order valence-corrected chi connectivity index (χ1v) is 9.96. The van der Waals surface area contributed by atoms with E-state index >= 15 is 0 Å². The molecule has 1 fully saturated rings. The molecule has 2 heterocycles. The molecule has 0 N–H and O–H groups in total. The van der Waals surface area contributed by atoms with Crippen LogP contribution in [0.15, 0.2) is 39.9 Å². The van der Waals surface area contributed by atoms with Crippen molar-refractivity contribution in [1.29, 1.82) is 0 Å². The van der Waals surface area contributed by atoms with E-state index < -0.39 is 0 Å². The first-order valence-electron chi connectivity index (χ1n) is 9.58. The Morgan fingerprint density at radius 3 is 2.32 bits per heavy atom. The molecular formula is C20H27ClN4O3. The minimum atomic E-state index is -0.286. The Morgan fingerprint density at radius 2 is 1.64 bits per heavy atom. The SMILES string of the molecule is Cn1c(N2CCN(CCCCOc3ccc(Cl)cc3)CC2)cc(=O)n(C)c1=O. The van der Waals surface area contributed by atoms with Crippen molar-refractivity contribution in [3.8, 4) is 5.75 Å². The first-order chi connectivity index (χ1) is 13.5. The molecule has 28 heavy (non-hydrogen) atoms. The molecule has 7 nitrogen and oxygen atoms in total. The van der Waals surface area contributed by atoms with E-state index in [-0.39, 0.29) is 11.2 Å². The molecule has 0 atom stereocenters. The summed E-state index contributed by atoms with van der Waals surface area (Å²) in [5.41, 5.74) is -0.549. The lowest BCUT2D eigenvalue weighted by atomic mass is 10.2. The van der Waals surface area contributed by atoms with Crippen molar-refractivity contribution < 1.29 is 4.74 Å². The molecule has 0 spiro atoms. The van der Waals surface area contributed by atoms with E-state index in [9.17, 15) is 9.59 Å². The van der Waals surface area contributed by atoms with Crippen molar-refractivity contribution in [3.05, 3.63) is 56.2 Å². The van der Waals surface area contributed by atoms with Crippen molar-refractivity contribution in [2.24, 2.45) is 14.1 Å². The lowest BCUT2D eigenvalue weighted by molar-refractivity contribution is 0.237. The molecule has 152 valence electrons. The Balaban J connectivity index is 1.40. The van der Waals surface area contributed by atoms with Crippen LogP contribution in [0.1, 0.15) is 12.8 Å². The normalized spacial score (nSPS) is 15.0. The van der Waals surface area contributed by atoms with E-state index in [1.165, 1.54) is 7.05 Å². The number of hydrogen-bond acceptors (Lipinski definition) is 5. The van der Waals surface area contributed by atoms with E-state index in [4.69, 9.17) is 16.3 Å². The minimum Gasteiger partial charge on any atom is -0.494 e. The molecule has 1 aliphatic rings. The fraction of sp³-hybridized carbons (Fsp3) is 0.500. The Labute approximate surface area is 169 Å². The Bertz CT molecular complexity index is 899. The molecule has 1 aromatic carbocycles. The van der Waals surface area contributed by atoms with Crippen molar-refractivity contribution in [2.45, 2.75) is 12.8 Å². The van der Waals surface area contributed by atoms with Crippen LogP contribution in [0, 0.1) is 0 Å². The number of aromatic nitrogens is 2. The van der Waals surface area contributed by atoms with Crippen molar-refractivity contribution in [1.82, 2.24) is 14.0 Å². The fourth-order valence-electron chi connectivity index (χ4n) is 3.38. The van der Waals surface area contributed by atoms with Gasteiger partial charge in [-0.3, -0.25) is 18.8 Å². The maximum atomic E-state index is 12.1. The van der Waals surface area contributed by atoms with Gasteiger partial charge in [0.15, 0.2) is 0 Å². The lowest BCUT2D eigenvalue weighted by Crippen LogP contribution is -2.49. The number of nitrogens with zero attached hydrogens (tertiary/aromatic N) is 4. The average molecular weight is 407 g/mol. The standard InChI is InChI=1S/C20H27ClN4O3/c1-22-18(15-19(26)23(2)20(22)27)25-12-10-24(11-13-25)9-3-4-14-28-17-7-5-16(21)6-8-17/h5-8,15H,3-4,9-14H2,1-2H3. The maximum absolute atomic E-state index is 12.1. The number of unbranched alkanes of at least 4 members (excludes halogenated alkanes) is 1. The maximum Gasteiger partial charge on any atom is 0.332 e. The van der Waals surface area contributed by atoms with Crippen LogP contribution in [0.5, 0.6) is 5.75 Å². The van der Waals surface area contributed by atoms with Crippen LogP contribution in [0.4, 0.5) is 5.82 Å². The largest absolute Gasteiger partial charge is 0.494 e. The molecule has 1 aromatic heterocycles. The summed E-state index contributed by atoms with van der Waals surface area (Å²) in [7, 11) is 3.22. The zero-order valence-electron chi connectivity index (χ0n) is 16.4. The van der Waals surface area contributed by atoms with Crippen LogP contribution in [0.2, 0.25) is 5.02 Å².